The lowest BCUT2D eigenvalue weighted by Gasteiger charge is -2.32. The molecule has 0 spiro atoms. The van der Waals surface area contributed by atoms with Crippen LogP contribution in [0.2, 0.25) is 0 Å². The van der Waals surface area contributed by atoms with E-state index >= 15 is 0 Å². The molecule has 1 N–H and O–H groups in total. The predicted molar refractivity (Wildman–Crippen MR) is 104 cm³/mol. The summed E-state index contributed by atoms with van der Waals surface area (Å²) in [6.45, 7) is 6.20. The molecule has 27 heavy (non-hydrogen) atoms. The lowest BCUT2D eigenvalue weighted by Crippen LogP contribution is -2.40. The van der Waals surface area contributed by atoms with Gasteiger partial charge in [-0.05, 0) is 56.5 Å². The third-order valence-electron chi connectivity index (χ3n) is 4.95. The van der Waals surface area contributed by atoms with Crippen molar-refractivity contribution in [2.75, 3.05) is 26.7 Å². The topological polar surface area (TPSA) is 76.5 Å². The minimum absolute atomic E-state index is 0.267. The van der Waals surface area contributed by atoms with Crippen LogP contribution < -0.4 is 9.46 Å². The van der Waals surface area contributed by atoms with Gasteiger partial charge in [-0.3, -0.25) is 9.58 Å². The molecular weight excluding hydrogens is 364 g/mol. The molecule has 1 aliphatic heterocycles. The van der Waals surface area contributed by atoms with Gasteiger partial charge in [-0.1, -0.05) is 0 Å². The first-order valence-corrected chi connectivity index (χ1v) is 10.9. The first kappa shape index (κ1) is 19.9. The summed E-state index contributed by atoms with van der Waals surface area (Å²) in [5, 5.41) is 4.32. The summed E-state index contributed by atoms with van der Waals surface area (Å²) < 4.78 is 34.8. The Morgan fingerprint density at radius 3 is 2.74 bits per heavy atom. The van der Waals surface area contributed by atoms with Gasteiger partial charge in [0.05, 0.1) is 18.2 Å². The SMILES string of the molecule is CCn1cc(CN2CCC[C@H](CNS(=O)(=O)c3ccc(OC)cc3)C2)cn1. The van der Waals surface area contributed by atoms with Crippen molar-refractivity contribution >= 4 is 10.0 Å². The highest BCUT2D eigenvalue weighted by atomic mass is 32.2. The number of rotatable bonds is 8. The van der Waals surface area contributed by atoms with E-state index < -0.39 is 10.0 Å². The largest absolute Gasteiger partial charge is 0.497 e. The third-order valence-corrected chi connectivity index (χ3v) is 6.39. The van der Waals surface area contributed by atoms with Crippen LogP contribution in [0, 0.1) is 5.92 Å². The van der Waals surface area contributed by atoms with Crippen molar-refractivity contribution in [3.63, 3.8) is 0 Å². The molecule has 1 fully saturated rings. The summed E-state index contributed by atoms with van der Waals surface area (Å²) in [7, 11) is -1.94. The standard InChI is InChI=1S/C19H28N4O3S/c1-3-23-15-17(11-20-23)14-22-10-4-5-16(13-22)12-21-27(24,25)19-8-6-18(26-2)7-9-19/h6-9,11,15-16,21H,3-5,10,12-14H2,1-2H3/t16-/m1/s1. The average Bonchev–Trinajstić information content (AvgIpc) is 3.14. The molecule has 1 atom stereocenters. The highest BCUT2D eigenvalue weighted by molar-refractivity contribution is 7.89. The molecule has 1 aliphatic rings. The Hall–Kier alpha value is -1.90. The highest BCUT2D eigenvalue weighted by Crippen LogP contribution is 2.20. The maximum absolute atomic E-state index is 12.5. The Morgan fingerprint density at radius 1 is 1.30 bits per heavy atom. The van der Waals surface area contributed by atoms with Gasteiger partial charge < -0.3 is 4.74 Å². The minimum Gasteiger partial charge on any atom is -0.497 e. The van der Waals surface area contributed by atoms with Crippen LogP contribution in [0.15, 0.2) is 41.6 Å². The van der Waals surface area contributed by atoms with Crippen LogP contribution in [0.5, 0.6) is 5.75 Å². The zero-order valence-electron chi connectivity index (χ0n) is 16.0. The zero-order chi connectivity index (χ0) is 19.3. The van der Waals surface area contributed by atoms with E-state index in [-0.39, 0.29) is 4.90 Å². The van der Waals surface area contributed by atoms with Crippen LogP contribution in [0.4, 0.5) is 0 Å². The van der Waals surface area contributed by atoms with E-state index in [1.165, 1.54) is 5.56 Å². The quantitative estimate of drug-likeness (QED) is 0.745. The second kappa shape index (κ2) is 8.86. The molecule has 0 aliphatic carbocycles. The van der Waals surface area contributed by atoms with Crippen LogP contribution in [0.3, 0.4) is 0 Å². The minimum atomic E-state index is -3.50. The number of piperidine rings is 1. The monoisotopic (exact) mass is 392 g/mol. The third kappa shape index (κ3) is 5.31. The van der Waals surface area contributed by atoms with E-state index in [4.69, 9.17) is 4.74 Å². The predicted octanol–water partition coefficient (Wildman–Crippen LogP) is 2.10. The number of ether oxygens (including phenoxy) is 1. The number of nitrogens with one attached hydrogen (secondary N) is 1. The van der Waals surface area contributed by atoms with Crippen molar-refractivity contribution in [2.24, 2.45) is 5.92 Å². The molecule has 2 heterocycles. The maximum Gasteiger partial charge on any atom is 0.240 e. The molecule has 3 rings (SSSR count). The fraction of sp³-hybridized carbons (Fsp3) is 0.526. The van der Waals surface area contributed by atoms with E-state index in [0.29, 0.717) is 18.2 Å². The van der Waals surface area contributed by atoms with Crippen molar-refractivity contribution < 1.29 is 13.2 Å². The van der Waals surface area contributed by atoms with Crippen molar-refractivity contribution in [1.29, 1.82) is 0 Å². The summed E-state index contributed by atoms with van der Waals surface area (Å²) in [5.74, 6) is 0.955. The molecule has 0 saturated carbocycles. The second-order valence-corrected chi connectivity index (χ2v) is 8.74. The molecule has 0 unspecified atom stereocenters. The smallest absolute Gasteiger partial charge is 0.240 e. The fourth-order valence-corrected chi connectivity index (χ4v) is 4.56. The average molecular weight is 393 g/mol. The van der Waals surface area contributed by atoms with Gasteiger partial charge in [0.15, 0.2) is 0 Å². The van der Waals surface area contributed by atoms with Crippen LogP contribution in [-0.4, -0.2) is 49.8 Å². The molecule has 7 nitrogen and oxygen atoms in total. The van der Waals surface area contributed by atoms with E-state index in [1.807, 2.05) is 10.9 Å². The first-order valence-electron chi connectivity index (χ1n) is 9.37. The lowest BCUT2D eigenvalue weighted by atomic mass is 9.98. The molecule has 148 valence electrons. The Morgan fingerprint density at radius 2 is 2.07 bits per heavy atom. The van der Waals surface area contributed by atoms with Crippen molar-refractivity contribution in [3.8, 4) is 5.75 Å². The molecule has 1 aromatic carbocycles. The molecular formula is C19H28N4O3S. The Kier molecular flexibility index (Phi) is 6.51. The highest BCUT2D eigenvalue weighted by Gasteiger charge is 2.23. The van der Waals surface area contributed by atoms with Crippen LogP contribution in [0.25, 0.3) is 0 Å². The van der Waals surface area contributed by atoms with E-state index in [0.717, 1.165) is 39.0 Å². The van der Waals surface area contributed by atoms with Crippen molar-refractivity contribution in [2.45, 2.75) is 37.8 Å². The van der Waals surface area contributed by atoms with Crippen LogP contribution >= 0.6 is 0 Å². The molecule has 0 amide bonds. The molecule has 1 saturated heterocycles. The Labute approximate surface area is 161 Å². The fourth-order valence-electron chi connectivity index (χ4n) is 3.45. The Balaban J connectivity index is 1.53. The number of benzene rings is 1. The number of aryl methyl sites for hydroxylation is 1. The number of sulfonamides is 1. The van der Waals surface area contributed by atoms with Gasteiger partial charge in [0.25, 0.3) is 0 Å². The molecule has 2 aromatic rings. The summed E-state index contributed by atoms with van der Waals surface area (Å²) in [5.41, 5.74) is 1.20. The van der Waals surface area contributed by atoms with Gasteiger partial charge in [0.1, 0.15) is 5.75 Å². The van der Waals surface area contributed by atoms with Crippen LogP contribution in [-0.2, 0) is 23.1 Å². The molecule has 0 radical (unpaired) electrons. The van der Waals surface area contributed by atoms with Gasteiger partial charge in [0.2, 0.25) is 10.0 Å². The molecule has 1 aromatic heterocycles. The van der Waals surface area contributed by atoms with Gasteiger partial charge in [-0.25, -0.2) is 13.1 Å². The second-order valence-electron chi connectivity index (χ2n) is 6.98. The first-order chi connectivity index (χ1) is 13.0. The summed E-state index contributed by atoms with van der Waals surface area (Å²) in [6.07, 6.45) is 6.11. The normalized spacial score (nSPS) is 18.5. The van der Waals surface area contributed by atoms with Gasteiger partial charge >= 0.3 is 0 Å². The van der Waals surface area contributed by atoms with Crippen molar-refractivity contribution in [3.05, 3.63) is 42.2 Å². The Bertz CT molecular complexity index is 833. The number of methoxy groups -OCH3 is 1. The number of hydrogen-bond acceptors (Lipinski definition) is 5. The lowest BCUT2D eigenvalue weighted by molar-refractivity contribution is 0.169. The van der Waals surface area contributed by atoms with E-state index in [2.05, 4.69) is 27.8 Å². The molecule has 8 heteroatoms. The van der Waals surface area contributed by atoms with E-state index in [1.54, 1.807) is 31.4 Å². The summed E-state index contributed by atoms with van der Waals surface area (Å²) >= 11 is 0. The van der Waals surface area contributed by atoms with Gasteiger partial charge in [-0.2, -0.15) is 5.10 Å². The maximum atomic E-state index is 12.5. The van der Waals surface area contributed by atoms with E-state index in [9.17, 15) is 8.42 Å². The number of hydrogen-bond donors (Lipinski definition) is 1. The number of nitrogens with zero attached hydrogens (tertiary/aromatic N) is 3. The van der Waals surface area contributed by atoms with Gasteiger partial charge in [-0.15, -0.1) is 0 Å². The summed E-state index contributed by atoms with van der Waals surface area (Å²) in [6, 6.07) is 6.46. The van der Waals surface area contributed by atoms with Crippen LogP contribution in [0.1, 0.15) is 25.3 Å². The number of likely N-dealkylation sites (tertiary alicyclic amines) is 1. The zero-order valence-corrected chi connectivity index (χ0v) is 16.8. The number of aromatic nitrogens is 2. The molecule has 0 bridgehead atoms. The van der Waals surface area contributed by atoms with Crippen molar-refractivity contribution in [1.82, 2.24) is 19.4 Å². The van der Waals surface area contributed by atoms with Gasteiger partial charge in [0, 0.05) is 37.9 Å². The summed E-state index contributed by atoms with van der Waals surface area (Å²) in [4.78, 5) is 2.65.